The van der Waals surface area contributed by atoms with Crippen LogP contribution >= 0.6 is 0 Å². The predicted molar refractivity (Wildman–Crippen MR) is 60.7 cm³/mol. The molecule has 5 nitrogen and oxygen atoms in total. The summed E-state index contributed by atoms with van der Waals surface area (Å²) < 4.78 is 4.66. The van der Waals surface area contributed by atoms with Crippen molar-refractivity contribution >= 4 is 11.9 Å². The summed E-state index contributed by atoms with van der Waals surface area (Å²) in [6.07, 6.45) is 1.09. The van der Waals surface area contributed by atoms with Crippen LogP contribution in [0.3, 0.4) is 0 Å². The lowest BCUT2D eigenvalue weighted by molar-refractivity contribution is -0.145. The van der Waals surface area contributed by atoms with Gasteiger partial charge in [0.25, 0.3) is 0 Å². The number of rotatable bonds is 3. The molecule has 1 aliphatic rings. The van der Waals surface area contributed by atoms with Crippen molar-refractivity contribution in [2.45, 2.75) is 26.7 Å². The number of ether oxygens (including phenoxy) is 1. The van der Waals surface area contributed by atoms with E-state index in [1.807, 2.05) is 6.92 Å². The molecule has 2 atom stereocenters. The third-order valence-corrected chi connectivity index (χ3v) is 3.44. The first-order valence-electron chi connectivity index (χ1n) is 5.77. The molecule has 0 saturated carbocycles. The molecule has 0 bridgehead atoms. The Morgan fingerprint density at radius 3 is 2.71 bits per heavy atom. The summed E-state index contributed by atoms with van der Waals surface area (Å²) in [5.74, 6) is -0.715. The van der Waals surface area contributed by atoms with Crippen LogP contribution in [-0.2, 0) is 14.3 Å². The maximum Gasteiger partial charge on any atom is 0.310 e. The highest BCUT2D eigenvalue weighted by Gasteiger charge is 2.40. The maximum atomic E-state index is 12.1. The van der Waals surface area contributed by atoms with Crippen LogP contribution in [0.5, 0.6) is 0 Å². The molecule has 0 N–H and O–H groups in total. The van der Waals surface area contributed by atoms with Gasteiger partial charge in [-0.25, -0.2) is 0 Å². The predicted octanol–water partition coefficient (Wildman–Crippen LogP) is 0.948. The fourth-order valence-electron chi connectivity index (χ4n) is 1.93. The van der Waals surface area contributed by atoms with Gasteiger partial charge in [-0.15, -0.1) is 0 Å². The van der Waals surface area contributed by atoms with E-state index in [0.29, 0.717) is 25.9 Å². The molecule has 1 aliphatic heterocycles. The molecule has 1 saturated heterocycles. The van der Waals surface area contributed by atoms with Gasteiger partial charge in [-0.05, 0) is 19.8 Å². The van der Waals surface area contributed by atoms with Crippen LogP contribution in [-0.4, -0.2) is 37.0 Å². The molecule has 0 spiro atoms. The number of nitrogens with zero attached hydrogens (tertiary/aromatic N) is 2. The highest BCUT2D eigenvalue weighted by atomic mass is 16.5. The standard InChI is InChI=1S/C12H18N2O3/c1-4-12(2,8-13)11(16)14-6-5-9(7-14)10(15)17-3/h9H,4-7H2,1-3H3. The number of likely N-dealkylation sites (tertiary alicyclic amines) is 1. The Bertz CT molecular complexity index is 361. The average molecular weight is 238 g/mol. The van der Waals surface area contributed by atoms with E-state index < -0.39 is 5.41 Å². The fraction of sp³-hybridized carbons (Fsp3) is 0.750. The summed E-state index contributed by atoms with van der Waals surface area (Å²) in [6, 6.07) is 2.06. The molecular formula is C12H18N2O3. The van der Waals surface area contributed by atoms with Crippen molar-refractivity contribution in [1.82, 2.24) is 4.90 Å². The molecule has 0 radical (unpaired) electrons. The largest absolute Gasteiger partial charge is 0.469 e. The summed E-state index contributed by atoms with van der Waals surface area (Å²) in [5.41, 5.74) is -0.981. The minimum atomic E-state index is -0.981. The van der Waals surface area contributed by atoms with Gasteiger partial charge in [-0.2, -0.15) is 5.26 Å². The van der Waals surface area contributed by atoms with Gasteiger partial charge in [-0.1, -0.05) is 6.92 Å². The third kappa shape index (κ3) is 2.57. The summed E-state index contributed by atoms with van der Waals surface area (Å²) >= 11 is 0. The van der Waals surface area contributed by atoms with Gasteiger partial charge < -0.3 is 9.64 Å². The number of hydrogen-bond donors (Lipinski definition) is 0. The maximum absolute atomic E-state index is 12.1. The van der Waals surface area contributed by atoms with Gasteiger partial charge in [0.05, 0.1) is 19.1 Å². The van der Waals surface area contributed by atoms with E-state index in [1.54, 1.807) is 11.8 Å². The number of methoxy groups -OCH3 is 1. The van der Waals surface area contributed by atoms with Crippen molar-refractivity contribution in [3.05, 3.63) is 0 Å². The van der Waals surface area contributed by atoms with E-state index >= 15 is 0 Å². The Balaban J connectivity index is 2.69. The Morgan fingerprint density at radius 2 is 2.24 bits per heavy atom. The fourth-order valence-corrected chi connectivity index (χ4v) is 1.93. The summed E-state index contributed by atoms with van der Waals surface area (Å²) in [5, 5.41) is 9.05. The van der Waals surface area contributed by atoms with E-state index in [9.17, 15) is 9.59 Å². The highest BCUT2D eigenvalue weighted by Crippen LogP contribution is 2.27. The first-order chi connectivity index (χ1) is 7.98. The summed E-state index contributed by atoms with van der Waals surface area (Å²) in [6.45, 7) is 4.34. The molecule has 94 valence electrons. The van der Waals surface area contributed by atoms with Gasteiger partial charge in [-0.3, -0.25) is 9.59 Å². The van der Waals surface area contributed by atoms with E-state index in [4.69, 9.17) is 5.26 Å². The molecule has 1 rings (SSSR count). The highest BCUT2D eigenvalue weighted by molar-refractivity contribution is 5.86. The smallest absolute Gasteiger partial charge is 0.310 e. The molecule has 0 aromatic rings. The Morgan fingerprint density at radius 1 is 1.59 bits per heavy atom. The molecule has 17 heavy (non-hydrogen) atoms. The van der Waals surface area contributed by atoms with Crippen LogP contribution in [0.2, 0.25) is 0 Å². The van der Waals surface area contributed by atoms with Crippen LogP contribution in [0.1, 0.15) is 26.7 Å². The van der Waals surface area contributed by atoms with Crippen molar-refractivity contribution < 1.29 is 14.3 Å². The Hall–Kier alpha value is -1.57. The molecule has 1 fully saturated rings. The zero-order valence-electron chi connectivity index (χ0n) is 10.5. The van der Waals surface area contributed by atoms with Crippen molar-refractivity contribution in [3.8, 4) is 6.07 Å². The van der Waals surface area contributed by atoms with E-state index in [0.717, 1.165) is 0 Å². The van der Waals surface area contributed by atoms with Crippen LogP contribution in [0, 0.1) is 22.7 Å². The zero-order valence-corrected chi connectivity index (χ0v) is 10.5. The number of hydrogen-bond acceptors (Lipinski definition) is 4. The van der Waals surface area contributed by atoms with Gasteiger partial charge in [0.1, 0.15) is 5.41 Å². The van der Waals surface area contributed by atoms with Crippen molar-refractivity contribution in [1.29, 1.82) is 5.26 Å². The third-order valence-electron chi connectivity index (χ3n) is 3.44. The van der Waals surface area contributed by atoms with Crippen molar-refractivity contribution in [3.63, 3.8) is 0 Å². The first-order valence-corrected chi connectivity index (χ1v) is 5.77. The lowest BCUT2D eigenvalue weighted by Crippen LogP contribution is -2.40. The number of carbonyl (C=O) groups is 2. The van der Waals surface area contributed by atoms with Gasteiger partial charge in [0.2, 0.25) is 5.91 Å². The topological polar surface area (TPSA) is 70.4 Å². The molecule has 2 unspecified atom stereocenters. The van der Waals surface area contributed by atoms with Crippen molar-refractivity contribution in [2.24, 2.45) is 11.3 Å². The Kier molecular flexibility index (Phi) is 4.11. The first kappa shape index (κ1) is 13.5. The second kappa shape index (κ2) is 5.17. The Labute approximate surface area is 101 Å². The van der Waals surface area contributed by atoms with Gasteiger partial charge in [0, 0.05) is 13.1 Å². The molecule has 1 heterocycles. The molecule has 1 amide bonds. The molecule has 5 heteroatoms. The monoisotopic (exact) mass is 238 g/mol. The second-order valence-corrected chi connectivity index (χ2v) is 4.56. The quantitative estimate of drug-likeness (QED) is 0.686. The van der Waals surface area contributed by atoms with Gasteiger partial charge >= 0.3 is 5.97 Å². The molecule has 0 aliphatic carbocycles. The zero-order chi connectivity index (χ0) is 13.1. The molecule has 0 aromatic heterocycles. The van der Waals surface area contributed by atoms with Crippen LogP contribution in [0.15, 0.2) is 0 Å². The average Bonchev–Trinajstić information content (AvgIpc) is 2.85. The van der Waals surface area contributed by atoms with E-state index in [1.165, 1.54) is 7.11 Å². The van der Waals surface area contributed by atoms with E-state index in [-0.39, 0.29) is 17.8 Å². The number of esters is 1. The summed E-state index contributed by atoms with van der Waals surface area (Å²) in [4.78, 5) is 25.1. The SMILES string of the molecule is CCC(C)(C#N)C(=O)N1CCC(C(=O)OC)C1. The number of carbonyl (C=O) groups excluding carboxylic acids is 2. The summed E-state index contributed by atoms with van der Waals surface area (Å²) in [7, 11) is 1.35. The minimum Gasteiger partial charge on any atom is -0.469 e. The van der Waals surface area contributed by atoms with Crippen molar-refractivity contribution in [2.75, 3.05) is 20.2 Å². The van der Waals surface area contributed by atoms with Gasteiger partial charge in [0.15, 0.2) is 0 Å². The minimum absolute atomic E-state index is 0.186. The normalized spacial score (nSPS) is 22.7. The molecule has 0 aromatic carbocycles. The van der Waals surface area contributed by atoms with Crippen LogP contribution in [0.25, 0.3) is 0 Å². The lowest BCUT2D eigenvalue weighted by atomic mass is 9.88. The number of amides is 1. The number of nitriles is 1. The lowest BCUT2D eigenvalue weighted by Gasteiger charge is -2.25. The van der Waals surface area contributed by atoms with Crippen LogP contribution in [0.4, 0.5) is 0 Å². The van der Waals surface area contributed by atoms with Crippen LogP contribution < -0.4 is 0 Å². The second-order valence-electron chi connectivity index (χ2n) is 4.56. The molecular weight excluding hydrogens is 220 g/mol. The van der Waals surface area contributed by atoms with E-state index in [2.05, 4.69) is 10.8 Å².